The molecule has 0 saturated heterocycles. The third kappa shape index (κ3) is 6.77. The van der Waals surface area contributed by atoms with Crippen LogP contribution in [0, 0.1) is 19.1 Å². The first-order chi connectivity index (χ1) is 16.2. The third-order valence-corrected chi connectivity index (χ3v) is 5.07. The Hall–Kier alpha value is -3.46. The van der Waals surface area contributed by atoms with Gasteiger partial charge in [-0.05, 0) is 35.0 Å². The van der Waals surface area contributed by atoms with E-state index in [0.717, 1.165) is 33.6 Å². The van der Waals surface area contributed by atoms with E-state index >= 15 is 0 Å². The van der Waals surface area contributed by atoms with Gasteiger partial charge in [0.15, 0.2) is 0 Å². The number of benzene rings is 3. The Kier molecular flexibility index (Phi) is 9.39. The Morgan fingerprint density at radius 3 is 1.94 bits per heavy atom. The molecule has 2 nitrogen and oxygen atoms in total. The minimum Gasteiger partial charge on any atom is -0.304 e. The molecule has 171 valence electrons. The van der Waals surface area contributed by atoms with Crippen molar-refractivity contribution in [3.05, 3.63) is 133 Å². The smallest absolute Gasteiger partial charge is 0.0814 e. The Morgan fingerprint density at radius 2 is 1.38 bits per heavy atom. The predicted octanol–water partition coefficient (Wildman–Crippen LogP) is 7.54. The normalized spacial score (nSPS) is 9.94. The van der Waals surface area contributed by atoms with Crippen LogP contribution < -0.4 is 0 Å². The van der Waals surface area contributed by atoms with Gasteiger partial charge in [-0.1, -0.05) is 60.2 Å². The Labute approximate surface area is 213 Å². The van der Waals surface area contributed by atoms with E-state index in [1.54, 1.807) is 12.1 Å². The Bertz CT molecular complexity index is 1200. The van der Waals surface area contributed by atoms with E-state index in [0.29, 0.717) is 5.56 Å². The van der Waals surface area contributed by atoms with Gasteiger partial charge in [0.25, 0.3) is 0 Å². The molecule has 0 N–H and O–H groups in total. The van der Waals surface area contributed by atoms with Crippen LogP contribution in [0.2, 0.25) is 0 Å². The number of alkyl halides is 1. The van der Waals surface area contributed by atoms with Crippen molar-refractivity contribution >= 4 is 0 Å². The first-order valence-electron chi connectivity index (χ1n) is 10.7. The molecule has 0 saturated carbocycles. The van der Waals surface area contributed by atoms with Gasteiger partial charge in [-0.3, -0.25) is 4.39 Å². The zero-order valence-corrected chi connectivity index (χ0v) is 21.1. The SMILES string of the molecule is Cc1ccc(-c2[c-]cc(CF)cc2)nc1.[Ir].[c-]1ccccc1-c1ccc(-c2ccccc2)cn1. The van der Waals surface area contributed by atoms with Crippen LogP contribution in [0.5, 0.6) is 0 Å². The van der Waals surface area contributed by atoms with Crippen LogP contribution in [0.3, 0.4) is 0 Å². The number of hydrogen-bond acceptors (Lipinski definition) is 2. The van der Waals surface area contributed by atoms with Gasteiger partial charge in [-0.2, -0.15) is 0 Å². The fraction of sp³-hybridized carbons (Fsp3) is 0.0667. The van der Waals surface area contributed by atoms with Crippen molar-refractivity contribution in [3.63, 3.8) is 0 Å². The van der Waals surface area contributed by atoms with Gasteiger partial charge in [0.05, 0.1) is 6.67 Å². The monoisotopic (exact) mass is 623 g/mol. The number of aromatic nitrogens is 2. The number of halogens is 1. The minimum atomic E-state index is -0.446. The van der Waals surface area contributed by atoms with E-state index < -0.39 is 6.67 Å². The largest absolute Gasteiger partial charge is 0.304 e. The summed E-state index contributed by atoms with van der Waals surface area (Å²) < 4.78 is 12.3. The molecule has 0 aliphatic carbocycles. The van der Waals surface area contributed by atoms with Crippen molar-refractivity contribution < 1.29 is 24.5 Å². The van der Waals surface area contributed by atoms with E-state index in [9.17, 15) is 4.39 Å². The summed E-state index contributed by atoms with van der Waals surface area (Å²) >= 11 is 0. The van der Waals surface area contributed by atoms with Crippen LogP contribution >= 0.6 is 0 Å². The first-order valence-corrected chi connectivity index (χ1v) is 10.7. The standard InChI is InChI=1S/C17H12N.C13H11FN.Ir/c1-3-7-14(8-4-1)16-11-12-17(18-13-16)15-9-5-2-6-10-15;1-10-2-7-13(15-9-10)12-5-3-11(8-14)4-6-12;/h1-9,11-13H;2-5,7,9H,8H2,1H3;/q2*-1;. The van der Waals surface area contributed by atoms with E-state index in [2.05, 4.69) is 40.3 Å². The molecule has 0 atom stereocenters. The summed E-state index contributed by atoms with van der Waals surface area (Å²) in [6, 6.07) is 37.7. The molecule has 0 unspecified atom stereocenters. The summed E-state index contributed by atoms with van der Waals surface area (Å²) in [5.74, 6) is 0. The van der Waals surface area contributed by atoms with E-state index in [-0.39, 0.29) is 20.1 Å². The molecule has 1 radical (unpaired) electrons. The van der Waals surface area contributed by atoms with Crippen LogP contribution in [0.25, 0.3) is 33.6 Å². The molecule has 0 spiro atoms. The maximum absolute atomic E-state index is 12.3. The van der Waals surface area contributed by atoms with Gasteiger partial charge in [0, 0.05) is 32.5 Å². The number of hydrogen-bond donors (Lipinski definition) is 0. The van der Waals surface area contributed by atoms with Crippen molar-refractivity contribution in [2.45, 2.75) is 13.6 Å². The Balaban J connectivity index is 0.000000188. The molecule has 5 aromatic rings. The fourth-order valence-electron chi connectivity index (χ4n) is 3.23. The fourth-order valence-corrected chi connectivity index (χ4v) is 3.23. The average molecular weight is 623 g/mol. The molecule has 2 heterocycles. The molecule has 3 aromatic carbocycles. The van der Waals surface area contributed by atoms with Gasteiger partial charge in [0.2, 0.25) is 0 Å². The number of aryl methyl sites for hydroxylation is 1. The van der Waals surface area contributed by atoms with Gasteiger partial charge in [-0.15, -0.1) is 65.7 Å². The van der Waals surface area contributed by atoms with Gasteiger partial charge < -0.3 is 9.97 Å². The molecule has 0 bridgehead atoms. The maximum atomic E-state index is 12.3. The predicted molar refractivity (Wildman–Crippen MR) is 132 cm³/mol. The molecular formula is C30H23FIrN2-2. The topological polar surface area (TPSA) is 25.8 Å². The third-order valence-electron chi connectivity index (χ3n) is 5.07. The summed E-state index contributed by atoms with van der Waals surface area (Å²) in [4.78, 5) is 8.77. The van der Waals surface area contributed by atoms with Gasteiger partial charge in [0.1, 0.15) is 0 Å². The van der Waals surface area contributed by atoms with Gasteiger partial charge in [-0.25, -0.2) is 0 Å². The molecule has 5 rings (SSSR count). The molecule has 2 aromatic heterocycles. The molecular weight excluding hydrogens is 600 g/mol. The van der Waals surface area contributed by atoms with E-state index in [1.807, 2.05) is 86.0 Å². The zero-order chi connectivity index (χ0) is 22.9. The zero-order valence-electron chi connectivity index (χ0n) is 18.7. The van der Waals surface area contributed by atoms with Crippen molar-refractivity contribution in [1.29, 1.82) is 0 Å². The number of rotatable bonds is 4. The molecule has 4 heteroatoms. The first kappa shape index (κ1) is 25.2. The number of pyridine rings is 2. The summed E-state index contributed by atoms with van der Waals surface area (Å²) in [5, 5.41) is 0. The summed E-state index contributed by atoms with van der Waals surface area (Å²) in [6.45, 7) is 1.55. The molecule has 0 amide bonds. The molecule has 34 heavy (non-hydrogen) atoms. The van der Waals surface area contributed by atoms with Crippen LogP contribution in [-0.2, 0) is 26.8 Å². The van der Waals surface area contributed by atoms with Crippen LogP contribution in [0.15, 0.2) is 109 Å². The van der Waals surface area contributed by atoms with E-state index in [1.165, 1.54) is 5.56 Å². The van der Waals surface area contributed by atoms with Crippen molar-refractivity contribution in [1.82, 2.24) is 9.97 Å². The van der Waals surface area contributed by atoms with Crippen LogP contribution in [-0.4, -0.2) is 9.97 Å². The summed E-state index contributed by atoms with van der Waals surface area (Å²) in [5.41, 5.74) is 7.83. The summed E-state index contributed by atoms with van der Waals surface area (Å²) in [7, 11) is 0. The second-order valence-corrected chi connectivity index (χ2v) is 7.54. The molecule has 0 aliphatic rings. The van der Waals surface area contributed by atoms with Crippen molar-refractivity contribution in [2.75, 3.05) is 0 Å². The van der Waals surface area contributed by atoms with Crippen LogP contribution in [0.4, 0.5) is 4.39 Å². The van der Waals surface area contributed by atoms with Gasteiger partial charge >= 0.3 is 0 Å². The van der Waals surface area contributed by atoms with E-state index in [4.69, 9.17) is 0 Å². The van der Waals surface area contributed by atoms with Crippen molar-refractivity contribution in [2.24, 2.45) is 0 Å². The van der Waals surface area contributed by atoms with Crippen molar-refractivity contribution in [3.8, 4) is 33.6 Å². The summed E-state index contributed by atoms with van der Waals surface area (Å²) in [6.07, 6.45) is 3.72. The second kappa shape index (κ2) is 12.7. The maximum Gasteiger partial charge on any atom is 0.0814 e. The quantitative estimate of drug-likeness (QED) is 0.194. The van der Waals surface area contributed by atoms with Crippen LogP contribution in [0.1, 0.15) is 11.1 Å². The Morgan fingerprint density at radius 1 is 0.676 bits per heavy atom. The molecule has 0 fully saturated rings. The molecule has 0 aliphatic heterocycles. The number of nitrogens with zero attached hydrogens (tertiary/aromatic N) is 2. The average Bonchev–Trinajstić information content (AvgIpc) is 2.91. The minimum absolute atomic E-state index is 0. The second-order valence-electron chi connectivity index (χ2n) is 7.54.